The molecule has 1 aliphatic rings. The number of benzene rings is 1. The van der Waals surface area contributed by atoms with Gasteiger partial charge in [-0.1, -0.05) is 49.0 Å². The Morgan fingerprint density at radius 1 is 1.39 bits per heavy atom. The maximum absolute atomic E-state index is 6.21. The highest BCUT2D eigenvalue weighted by molar-refractivity contribution is 6.35. The number of ether oxygens (including phenoxy) is 2. The van der Waals surface area contributed by atoms with Gasteiger partial charge in [0.2, 0.25) is 0 Å². The monoisotopic (exact) mass is 288 g/mol. The average molecular weight is 289 g/mol. The van der Waals surface area contributed by atoms with Crippen LogP contribution in [0.25, 0.3) is 0 Å². The fraction of sp³-hybridized carbons (Fsp3) is 0.571. The molecule has 1 heterocycles. The maximum atomic E-state index is 6.21. The van der Waals surface area contributed by atoms with Gasteiger partial charge in [0.15, 0.2) is 5.79 Å². The molecule has 2 unspecified atom stereocenters. The van der Waals surface area contributed by atoms with Crippen molar-refractivity contribution in [3.63, 3.8) is 0 Å². The van der Waals surface area contributed by atoms with Crippen LogP contribution in [-0.2, 0) is 15.3 Å². The standard InChI is InChI=1S/C14H18Cl2O2/c1-3-4-5-11-9-17-14(2,18-11)12-7-6-10(15)8-13(12)16/h6-8,11H,3-5,9H2,1-2H3. The van der Waals surface area contributed by atoms with Crippen LogP contribution in [0, 0.1) is 0 Å². The van der Waals surface area contributed by atoms with Gasteiger partial charge in [0.1, 0.15) is 0 Å². The third-order valence-electron chi connectivity index (χ3n) is 3.24. The summed E-state index contributed by atoms with van der Waals surface area (Å²) in [6.07, 6.45) is 3.50. The van der Waals surface area contributed by atoms with E-state index in [2.05, 4.69) is 6.92 Å². The van der Waals surface area contributed by atoms with E-state index in [1.165, 1.54) is 0 Å². The van der Waals surface area contributed by atoms with E-state index in [0.717, 1.165) is 24.8 Å². The molecule has 1 aromatic rings. The van der Waals surface area contributed by atoms with Crippen molar-refractivity contribution < 1.29 is 9.47 Å². The highest BCUT2D eigenvalue weighted by atomic mass is 35.5. The highest BCUT2D eigenvalue weighted by Gasteiger charge is 2.39. The van der Waals surface area contributed by atoms with Gasteiger partial charge in [0, 0.05) is 10.6 Å². The fourth-order valence-corrected chi connectivity index (χ4v) is 2.79. The predicted octanol–water partition coefficient (Wildman–Crippen LogP) is 4.77. The zero-order chi connectivity index (χ0) is 13.2. The molecule has 100 valence electrons. The third-order valence-corrected chi connectivity index (χ3v) is 3.78. The Balaban J connectivity index is 2.12. The van der Waals surface area contributed by atoms with E-state index in [9.17, 15) is 0 Å². The van der Waals surface area contributed by atoms with Crippen LogP contribution < -0.4 is 0 Å². The molecular formula is C14H18Cl2O2. The van der Waals surface area contributed by atoms with E-state index in [0.29, 0.717) is 16.7 Å². The van der Waals surface area contributed by atoms with Crippen molar-refractivity contribution in [3.8, 4) is 0 Å². The van der Waals surface area contributed by atoms with Crippen molar-refractivity contribution in [1.29, 1.82) is 0 Å². The molecule has 0 saturated carbocycles. The summed E-state index contributed by atoms with van der Waals surface area (Å²) in [6, 6.07) is 5.39. The van der Waals surface area contributed by atoms with Gasteiger partial charge in [0.05, 0.1) is 17.7 Å². The van der Waals surface area contributed by atoms with E-state index in [-0.39, 0.29) is 6.10 Å². The highest BCUT2D eigenvalue weighted by Crippen LogP contribution is 2.39. The van der Waals surface area contributed by atoms with Crippen molar-refractivity contribution >= 4 is 23.2 Å². The maximum Gasteiger partial charge on any atom is 0.193 e. The van der Waals surface area contributed by atoms with Gasteiger partial charge >= 0.3 is 0 Å². The van der Waals surface area contributed by atoms with Crippen LogP contribution in [0.15, 0.2) is 18.2 Å². The predicted molar refractivity (Wildman–Crippen MR) is 74.2 cm³/mol. The summed E-state index contributed by atoms with van der Waals surface area (Å²) in [6.45, 7) is 4.70. The van der Waals surface area contributed by atoms with Crippen LogP contribution in [-0.4, -0.2) is 12.7 Å². The Morgan fingerprint density at radius 2 is 2.17 bits per heavy atom. The average Bonchev–Trinajstić information content (AvgIpc) is 2.69. The van der Waals surface area contributed by atoms with E-state index >= 15 is 0 Å². The second kappa shape index (κ2) is 5.79. The smallest absolute Gasteiger partial charge is 0.193 e. The van der Waals surface area contributed by atoms with Gasteiger partial charge in [-0.2, -0.15) is 0 Å². The van der Waals surface area contributed by atoms with Crippen LogP contribution in [0.2, 0.25) is 10.0 Å². The zero-order valence-corrected chi connectivity index (χ0v) is 12.2. The van der Waals surface area contributed by atoms with Crippen molar-refractivity contribution in [1.82, 2.24) is 0 Å². The fourth-order valence-electron chi connectivity index (χ4n) is 2.21. The molecule has 0 amide bonds. The number of unbranched alkanes of at least 4 members (excludes halogenated alkanes) is 1. The third kappa shape index (κ3) is 3.00. The minimum Gasteiger partial charge on any atom is -0.343 e. The lowest BCUT2D eigenvalue weighted by Gasteiger charge is -2.25. The van der Waals surface area contributed by atoms with Crippen LogP contribution in [0.4, 0.5) is 0 Å². The lowest BCUT2D eigenvalue weighted by Crippen LogP contribution is -2.24. The van der Waals surface area contributed by atoms with E-state index < -0.39 is 5.79 Å². The second-order valence-corrected chi connectivity index (χ2v) is 5.61. The number of hydrogen-bond acceptors (Lipinski definition) is 2. The molecule has 1 aromatic carbocycles. The van der Waals surface area contributed by atoms with E-state index in [1.807, 2.05) is 13.0 Å². The van der Waals surface area contributed by atoms with E-state index in [1.54, 1.807) is 12.1 Å². The molecule has 2 atom stereocenters. The summed E-state index contributed by atoms with van der Waals surface area (Å²) in [5.74, 6) is -0.750. The minimum absolute atomic E-state index is 0.154. The Hall–Kier alpha value is -0.280. The molecule has 0 bridgehead atoms. The topological polar surface area (TPSA) is 18.5 Å². The van der Waals surface area contributed by atoms with Gasteiger partial charge in [-0.25, -0.2) is 0 Å². The van der Waals surface area contributed by atoms with Gasteiger partial charge in [0.25, 0.3) is 0 Å². The first-order valence-electron chi connectivity index (χ1n) is 6.32. The molecule has 0 radical (unpaired) electrons. The number of rotatable bonds is 4. The Kier molecular flexibility index (Phi) is 4.54. The molecule has 0 spiro atoms. The Morgan fingerprint density at radius 3 is 2.83 bits per heavy atom. The van der Waals surface area contributed by atoms with Gasteiger partial charge in [-0.05, 0) is 25.5 Å². The lowest BCUT2D eigenvalue weighted by atomic mass is 10.1. The van der Waals surface area contributed by atoms with Gasteiger partial charge < -0.3 is 9.47 Å². The largest absolute Gasteiger partial charge is 0.343 e. The molecule has 0 N–H and O–H groups in total. The normalized spacial score (nSPS) is 27.7. The first-order chi connectivity index (χ1) is 8.55. The lowest BCUT2D eigenvalue weighted by molar-refractivity contribution is -0.162. The summed E-state index contributed by atoms with van der Waals surface area (Å²) < 4.78 is 11.8. The zero-order valence-electron chi connectivity index (χ0n) is 10.7. The SMILES string of the molecule is CCCCC1COC(C)(c2ccc(Cl)cc2Cl)O1. The van der Waals surface area contributed by atoms with Crippen molar-refractivity contribution in [2.24, 2.45) is 0 Å². The number of halogens is 2. The minimum atomic E-state index is -0.750. The summed E-state index contributed by atoms with van der Waals surface area (Å²) in [5.41, 5.74) is 0.840. The molecule has 2 nitrogen and oxygen atoms in total. The van der Waals surface area contributed by atoms with E-state index in [4.69, 9.17) is 32.7 Å². The molecule has 4 heteroatoms. The van der Waals surface area contributed by atoms with Crippen LogP contribution in [0.1, 0.15) is 38.7 Å². The summed E-state index contributed by atoms with van der Waals surface area (Å²) in [4.78, 5) is 0. The molecule has 1 aliphatic heterocycles. The Bertz CT molecular complexity index is 422. The first kappa shape index (κ1) is 14.1. The number of hydrogen-bond donors (Lipinski definition) is 0. The molecule has 1 saturated heterocycles. The van der Waals surface area contributed by atoms with Gasteiger partial charge in [-0.15, -0.1) is 0 Å². The van der Waals surface area contributed by atoms with Crippen LogP contribution in [0.5, 0.6) is 0 Å². The molecule has 18 heavy (non-hydrogen) atoms. The Labute approximate surface area is 118 Å². The molecule has 1 fully saturated rings. The van der Waals surface area contributed by atoms with Crippen molar-refractivity contribution in [2.75, 3.05) is 6.61 Å². The second-order valence-electron chi connectivity index (χ2n) is 4.76. The summed E-state index contributed by atoms with van der Waals surface area (Å²) in [7, 11) is 0. The quantitative estimate of drug-likeness (QED) is 0.794. The van der Waals surface area contributed by atoms with Crippen LogP contribution >= 0.6 is 23.2 Å². The van der Waals surface area contributed by atoms with Crippen LogP contribution in [0.3, 0.4) is 0 Å². The molecule has 0 aliphatic carbocycles. The molecule has 0 aromatic heterocycles. The first-order valence-corrected chi connectivity index (χ1v) is 7.08. The van der Waals surface area contributed by atoms with Crippen molar-refractivity contribution in [3.05, 3.63) is 33.8 Å². The molecular weight excluding hydrogens is 271 g/mol. The van der Waals surface area contributed by atoms with Gasteiger partial charge in [-0.3, -0.25) is 0 Å². The summed E-state index contributed by atoms with van der Waals surface area (Å²) >= 11 is 12.1. The molecule has 2 rings (SSSR count). The summed E-state index contributed by atoms with van der Waals surface area (Å²) in [5, 5.41) is 1.20. The van der Waals surface area contributed by atoms with Crippen molar-refractivity contribution in [2.45, 2.75) is 45.0 Å².